The van der Waals surface area contributed by atoms with Crippen LogP contribution in [0.1, 0.15) is 34.8 Å². The van der Waals surface area contributed by atoms with Crippen molar-refractivity contribution in [2.75, 3.05) is 24.5 Å². The maximum Gasteiger partial charge on any atom is 0.335 e. The van der Waals surface area contributed by atoms with Gasteiger partial charge >= 0.3 is 5.97 Å². The summed E-state index contributed by atoms with van der Waals surface area (Å²) in [7, 11) is -4.21. The fraction of sp³-hybridized carbons (Fsp3) is 0.235. The molecule has 3 heterocycles. The largest absolute Gasteiger partial charge is 0.478 e. The van der Waals surface area contributed by atoms with Gasteiger partial charge in [0.25, 0.3) is 5.92 Å². The molecule has 1 amide bonds. The van der Waals surface area contributed by atoms with E-state index in [-0.39, 0.29) is 48.6 Å². The van der Waals surface area contributed by atoms with Crippen molar-refractivity contribution in [1.82, 2.24) is 29.6 Å². The molecule has 15 heteroatoms. The number of nitrogens with one attached hydrogen (secondary N) is 1. The molecule has 252 valence electrons. The number of hydrogen-bond acceptors (Lipinski definition) is 9. The number of rotatable bonds is 10. The fourth-order valence-electron chi connectivity index (χ4n) is 5.55. The van der Waals surface area contributed by atoms with E-state index < -0.39 is 33.9 Å². The summed E-state index contributed by atoms with van der Waals surface area (Å²) < 4.78 is 57.5. The smallest absolute Gasteiger partial charge is 0.335 e. The van der Waals surface area contributed by atoms with Gasteiger partial charge in [0.05, 0.1) is 22.9 Å². The molecule has 5 aromatic rings. The zero-order valence-corrected chi connectivity index (χ0v) is 27.0. The van der Waals surface area contributed by atoms with Gasteiger partial charge in [-0.15, -0.1) is 0 Å². The molecule has 2 aromatic heterocycles. The molecular formula is C34H31F2N7O5S. The summed E-state index contributed by atoms with van der Waals surface area (Å²) in [6.07, 6.45) is 4.02. The molecule has 1 aliphatic rings. The van der Waals surface area contributed by atoms with Crippen LogP contribution >= 0.6 is 0 Å². The highest BCUT2D eigenvalue weighted by atomic mass is 32.2. The topological polar surface area (TPSA) is 159 Å². The molecule has 1 atom stereocenters. The summed E-state index contributed by atoms with van der Waals surface area (Å²) in [6, 6.07) is 16.7. The second-order valence-electron chi connectivity index (χ2n) is 11.4. The first kappa shape index (κ1) is 33.5. The molecule has 1 fully saturated rings. The zero-order valence-electron chi connectivity index (χ0n) is 26.2. The average molecular weight is 688 g/mol. The SMILES string of the molecule is CCC(F)(F)c1ccc(CNC(=O)C2CN(c3cnc4cncnc4n3)CCN2S(=O)(=O)c2ccc(-c3cccc(C(=O)O)c3)cc2)cc1. The Balaban J connectivity index is 1.26. The third kappa shape index (κ3) is 7.07. The van der Waals surface area contributed by atoms with Crippen molar-refractivity contribution in [3.8, 4) is 11.1 Å². The number of anilines is 1. The van der Waals surface area contributed by atoms with E-state index in [0.29, 0.717) is 33.7 Å². The van der Waals surface area contributed by atoms with Crippen LogP contribution in [0.4, 0.5) is 14.6 Å². The molecule has 1 aliphatic heterocycles. The average Bonchev–Trinajstić information content (AvgIpc) is 3.13. The lowest BCUT2D eigenvalue weighted by molar-refractivity contribution is -0.125. The van der Waals surface area contributed by atoms with Crippen LogP contribution in [0, 0.1) is 0 Å². The summed E-state index contributed by atoms with van der Waals surface area (Å²) in [5.41, 5.74) is 2.56. The first-order valence-electron chi connectivity index (χ1n) is 15.3. The number of benzene rings is 3. The highest BCUT2D eigenvalue weighted by Crippen LogP contribution is 2.31. The van der Waals surface area contributed by atoms with Crippen LogP contribution in [0.5, 0.6) is 0 Å². The van der Waals surface area contributed by atoms with Crippen molar-refractivity contribution >= 4 is 38.9 Å². The highest BCUT2D eigenvalue weighted by molar-refractivity contribution is 7.89. The molecule has 0 aliphatic carbocycles. The summed E-state index contributed by atoms with van der Waals surface area (Å²) in [5.74, 6) is -4.24. The van der Waals surface area contributed by atoms with E-state index in [2.05, 4.69) is 25.3 Å². The molecule has 12 nitrogen and oxygen atoms in total. The Labute approximate surface area is 280 Å². The Morgan fingerprint density at radius 2 is 1.73 bits per heavy atom. The standard InChI is InChI=1S/C34H31F2N7O5S/c1-2-34(35,36)26-10-6-22(7-11-26)17-39-32(44)29-20-42(30-19-38-28-18-37-21-40-31(28)41-30)14-15-43(29)49(47,48)27-12-8-23(9-13-27)24-4-3-5-25(16-24)33(45)46/h3-13,16,18-19,21,29H,2,14-15,17,20H2,1H3,(H,39,44)(H,45,46). The van der Waals surface area contributed by atoms with E-state index >= 15 is 0 Å². The molecule has 0 saturated carbocycles. The lowest BCUT2D eigenvalue weighted by atomic mass is 10.0. The molecule has 0 spiro atoms. The van der Waals surface area contributed by atoms with Crippen LogP contribution in [0.3, 0.4) is 0 Å². The molecule has 1 saturated heterocycles. The minimum absolute atomic E-state index is 0.0159. The van der Waals surface area contributed by atoms with Crippen LogP contribution in [0.15, 0.2) is 96.4 Å². The molecule has 3 aromatic carbocycles. The Kier molecular flexibility index (Phi) is 9.30. The van der Waals surface area contributed by atoms with Crippen molar-refractivity contribution in [3.05, 3.63) is 108 Å². The second kappa shape index (κ2) is 13.6. The number of carbonyl (C=O) groups excluding carboxylic acids is 1. The van der Waals surface area contributed by atoms with Crippen LogP contribution in [0.25, 0.3) is 22.3 Å². The van der Waals surface area contributed by atoms with E-state index in [1.54, 1.807) is 29.2 Å². The van der Waals surface area contributed by atoms with Gasteiger partial charge in [-0.1, -0.05) is 55.5 Å². The lowest BCUT2D eigenvalue weighted by Gasteiger charge is -2.40. The Morgan fingerprint density at radius 1 is 0.980 bits per heavy atom. The van der Waals surface area contributed by atoms with Crippen molar-refractivity contribution in [2.45, 2.75) is 36.7 Å². The van der Waals surface area contributed by atoms with Gasteiger partial charge in [0.1, 0.15) is 23.7 Å². The number of carboxylic acid groups (broad SMARTS) is 1. The number of carbonyl (C=O) groups is 2. The lowest BCUT2D eigenvalue weighted by Crippen LogP contribution is -2.60. The first-order valence-corrected chi connectivity index (χ1v) is 16.8. The third-order valence-electron chi connectivity index (χ3n) is 8.36. The molecule has 1 unspecified atom stereocenters. The van der Waals surface area contributed by atoms with Gasteiger partial charge in [-0.3, -0.25) is 4.79 Å². The fourth-order valence-corrected chi connectivity index (χ4v) is 7.12. The molecule has 0 bridgehead atoms. The molecule has 0 radical (unpaired) electrons. The molecule has 6 rings (SSSR count). The van der Waals surface area contributed by atoms with Crippen molar-refractivity contribution in [2.24, 2.45) is 0 Å². The monoisotopic (exact) mass is 687 g/mol. The summed E-state index contributed by atoms with van der Waals surface area (Å²) in [5, 5.41) is 12.1. The maximum absolute atomic E-state index is 14.1. The van der Waals surface area contributed by atoms with E-state index in [9.17, 15) is 31.9 Å². The minimum Gasteiger partial charge on any atom is -0.478 e. The van der Waals surface area contributed by atoms with Gasteiger partial charge in [-0.05, 0) is 41.0 Å². The number of nitrogens with zero attached hydrogens (tertiary/aromatic N) is 6. The number of fused-ring (bicyclic) bond motifs is 1. The Bertz CT molecular complexity index is 2120. The molecule has 49 heavy (non-hydrogen) atoms. The predicted molar refractivity (Wildman–Crippen MR) is 176 cm³/mol. The highest BCUT2D eigenvalue weighted by Gasteiger charge is 2.40. The van der Waals surface area contributed by atoms with Gasteiger partial charge in [-0.2, -0.15) is 4.31 Å². The predicted octanol–water partition coefficient (Wildman–Crippen LogP) is 4.48. The number of aromatic nitrogens is 4. The van der Waals surface area contributed by atoms with E-state index in [0.717, 1.165) is 4.31 Å². The van der Waals surface area contributed by atoms with Crippen LogP contribution < -0.4 is 10.2 Å². The number of piperazine rings is 1. The molecule has 2 N–H and O–H groups in total. The van der Waals surface area contributed by atoms with Gasteiger partial charge in [-0.25, -0.2) is 41.9 Å². The van der Waals surface area contributed by atoms with Gasteiger partial charge < -0.3 is 15.3 Å². The quantitative estimate of drug-likeness (QED) is 0.214. The summed E-state index contributed by atoms with van der Waals surface area (Å²) in [6.45, 7) is 1.46. The van der Waals surface area contributed by atoms with Gasteiger partial charge in [0, 0.05) is 38.2 Å². The number of sulfonamides is 1. The number of carboxylic acids is 1. The Morgan fingerprint density at radius 3 is 2.45 bits per heavy atom. The van der Waals surface area contributed by atoms with Crippen LogP contribution in [-0.2, 0) is 27.3 Å². The van der Waals surface area contributed by atoms with E-state index in [1.807, 2.05) is 0 Å². The zero-order chi connectivity index (χ0) is 34.8. The second-order valence-corrected chi connectivity index (χ2v) is 13.3. The normalized spacial score (nSPS) is 15.7. The number of hydrogen-bond donors (Lipinski definition) is 2. The van der Waals surface area contributed by atoms with Crippen molar-refractivity contribution in [1.29, 1.82) is 0 Å². The molecular weight excluding hydrogens is 656 g/mol. The Hall–Kier alpha value is -5.41. The minimum atomic E-state index is -4.21. The third-order valence-corrected chi connectivity index (χ3v) is 10.3. The van der Waals surface area contributed by atoms with Crippen LogP contribution in [0.2, 0.25) is 0 Å². The van der Waals surface area contributed by atoms with Gasteiger partial charge in [0.2, 0.25) is 15.9 Å². The number of aromatic carboxylic acids is 1. The van der Waals surface area contributed by atoms with Crippen LogP contribution in [-0.4, -0.2) is 75.3 Å². The summed E-state index contributed by atoms with van der Waals surface area (Å²) >= 11 is 0. The number of halogens is 2. The van der Waals surface area contributed by atoms with E-state index in [4.69, 9.17) is 0 Å². The van der Waals surface area contributed by atoms with Crippen molar-refractivity contribution in [3.63, 3.8) is 0 Å². The number of alkyl halides is 2. The van der Waals surface area contributed by atoms with Gasteiger partial charge in [0.15, 0.2) is 5.65 Å². The maximum atomic E-state index is 14.1. The first-order chi connectivity index (χ1) is 23.5. The van der Waals surface area contributed by atoms with E-state index in [1.165, 1.54) is 74.2 Å². The van der Waals surface area contributed by atoms with Crippen molar-refractivity contribution < 1.29 is 31.9 Å². The number of amides is 1. The summed E-state index contributed by atoms with van der Waals surface area (Å²) in [4.78, 5) is 43.9.